The van der Waals surface area contributed by atoms with Gasteiger partial charge in [0.2, 0.25) is 5.91 Å². The Balaban J connectivity index is 1.82. The lowest BCUT2D eigenvalue weighted by Crippen LogP contribution is -2.25. The lowest BCUT2D eigenvalue weighted by Gasteiger charge is -2.17. The van der Waals surface area contributed by atoms with E-state index in [1.165, 1.54) is 11.8 Å². The molecule has 0 saturated carbocycles. The van der Waals surface area contributed by atoms with Gasteiger partial charge in [0.05, 0.1) is 36.5 Å². The quantitative estimate of drug-likeness (QED) is 0.133. The molecule has 3 aromatic rings. The molecule has 0 saturated heterocycles. The van der Waals surface area contributed by atoms with Gasteiger partial charge in [0.25, 0.3) is 5.91 Å². The minimum atomic E-state index is -1.49. The molecule has 1 unspecified atom stereocenters. The summed E-state index contributed by atoms with van der Waals surface area (Å²) in [5.41, 5.74) is 0.857. The summed E-state index contributed by atoms with van der Waals surface area (Å²) in [6.07, 6.45) is 0.534. The molecule has 3 rings (SSSR count). The molecule has 3 aromatic carbocycles. The number of halogens is 5. The van der Waals surface area contributed by atoms with Gasteiger partial charge in [0.1, 0.15) is 0 Å². The van der Waals surface area contributed by atoms with Gasteiger partial charge in [-0.3, -0.25) is 9.59 Å². The van der Waals surface area contributed by atoms with Crippen LogP contribution < -0.4 is 10.6 Å². The molecule has 12 heteroatoms. The first-order valence-electron chi connectivity index (χ1n) is 10.7. The first-order valence-corrected chi connectivity index (χ1v) is 13.5. The number of nitrogens with one attached hydrogen (secondary N) is 2. The molecule has 0 radical (unpaired) electrons. The Kier molecular flexibility index (Phi) is 10.0. The Morgan fingerprint density at radius 3 is 2.16 bits per heavy atom. The molecule has 0 aromatic heterocycles. The van der Waals surface area contributed by atoms with E-state index < -0.39 is 33.3 Å². The number of thioether (sulfide) groups is 1. The smallest absolute Gasteiger partial charge is 0.338 e. The molecule has 6 nitrogen and oxygen atoms in total. The zero-order valence-electron chi connectivity index (χ0n) is 19.3. The number of benzene rings is 3. The maximum absolute atomic E-state index is 13.0. The highest BCUT2D eigenvalue weighted by molar-refractivity contribution is 8.00. The lowest BCUT2D eigenvalue weighted by molar-refractivity contribution is -0.115. The second kappa shape index (κ2) is 12.6. The van der Waals surface area contributed by atoms with Gasteiger partial charge in [-0.2, -0.15) is 0 Å². The highest BCUT2D eigenvalue weighted by Crippen LogP contribution is 2.42. The number of rotatable bonds is 8. The molecule has 0 aliphatic heterocycles. The van der Waals surface area contributed by atoms with Crippen LogP contribution >= 0.6 is 69.8 Å². The average molecular weight is 621 g/mol. The molecule has 1 atom stereocenters. The van der Waals surface area contributed by atoms with Crippen molar-refractivity contribution in [3.8, 4) is 0 Å². The highest BCUT2D eigenvalue weighted by atomic mass is 35.5. The first kappa shape index (κ1) is 29.4. The number of carbonyl (C=O) groups excluding carboxylic acids is 2. The zero-order valence-corrected chi connectivity index (χ0v) is 23.9. The summed E-state index contributed by atoms with van der Waals surface area (Å²) in [6, 6.07) is 12.0. The topological polar surface area (TPSA) is 95.5 Å². The van der Waals surface area contributed by atoms with Gasteiger partial charge in [-0.25, -0.2) is 4.79 Å². The van der Waals surface area contributed by atoms with Gasteiger partial charge < -0.3 is 15.7 Å². The fraction of sp³-hybridized carbons (Fsp3) is 0.160. The summed E-state index contributed by atoms with van der Waals surface area (Å²) in [4.78, 5) is 38.5. The fourth-order valence-corrected chi connectivity index (χ4v) is 5.52. The van der Waals surface area contributed by atoms with Gasteiger partial charge in [-0.05, 0) is 49.2 Å². The second-order valence-electron chi connectivity index (χ2n) is 7.76. The van der Waals surface area contributed by atoms with Crippen LogP contribution in [-0.2, 0) is 4.79 Å². The SMILES string of the molecule is CCC(Sc1cccc(NC(=O)c2c(Cl)c(Cl)c(Cl)c(Cl)c2C(=O)O)c1)C(=O)Nc1cc(Cl)ccc1C. The number of carboxylic acid groups (broad SMARTS) is 1. The summed E-state index contributed by atoms with van der Waals surface area (Å²) in [6.45, 7) is 3.76. The summed E-state index contributed by atoms with van der Waals surface area (Å²) in [7, 11) is 0. The van der Waals surface area contributed by atoms with E-state index in [0.29, 0.717) is 27.7 Å². The van der Waals surface area contributed by atoms with Crippen LogP contribution in [-0.4, -0.2) is 28.1 Å². The predicted octanol–water partition coefficient (Wildman–Crippen LogP) is 8.72. The Hall–Kier alpha value is -2.13. The molecule has 0 heterocycles. The number of hydrogen-bond acceptors (Lipinski definition) is 4. The molecule has 0 spiro atoms. The van der Waals surface area contributed by atoms with Gasteiger partial charge in [-0.15, -0.1) is 11.8 Å². The third-order valence-corrected chi connectivity index (χ3v) is 8.59. The van der Waals surface area contributed by atoms with Crippen molar-refractivity contribution in [2.45, 2.75) is 30.4 Å². The third kappa shape index (κ3) is 6.85. The van der Waals surface area contributed by atoms with Crippen molar-refractivity contribution >= 4 is 98.9 Å². The number of amides is 2. The summed E-state index contributed by atoms with van der Waals surface area (Å²) < 4.78 is 0. The molecule has 0 bridgehead atoms. The fourth-order valence-electron chi connectivity index (χ4n) is 3.32. The third-order valence-electron chi connectivity index (χ3n) is 5.20. The van der Waals surface area contributed by atoms with Crippen LogP contribution in [0.15, 0.2) is 47.4 Å². The van der Waals surface area contributed by atoms with Crippen LogP contribution in [0.4, 0.5) is 11.4 Å². The lowest BCUT2D eigenvalue weighted by atomic mass is 10.1. The molecular weight excluding hydrogens is 602 g/mol. The number of hydrogen-bond donors (Lipinski definition) is 3. The average Bonchev–Trinajstić information content (AvgIpc) is 2.85. The van der Waals surface area contributed by atoms with E-state index in [1.807, 2.05) is 19.9 Å². The number of carbonyl (C=O) groups is 3. The molecule has 194 valence electrons. The summed E-state index contributed by atoms with van der Waals surface area (Å²) in [5.74, 6) is -2.53. The van der Waals surface area contributed by atoms with Crippen molar-refractivity contribution in [3.63, 3.8) is 0 Å². The highest BCUT2D eigenvalue weighted by Gasteiger charge is 2.29. The van der Waals surface area contributed by atoms with Crippen LogP contribution in [0, 0.1) is 6.92 Å². The number of anilines is 2. The van der Waals surface area contributed by atoms with E-state index in [0.717, 1.165) is 5.56 Å². The van der Waals surface area contributed by atoms with Crippen molar-refractivity contribution < 1.29 is 19.5 Å². The van der Waals surface area contributed by atoms with E-state index >= 15 is 0 Å². The minimum Gasteiger partial charge on any atom is -0.478 e. The number of aromatic carboxylic acids is 1. The van der Waals surface area contributed by atoms with Crippen molar-refractivity contribution in [1.82, 2.24) is 0 Å². The van der Waals surface area contributed by atoms with Crippen molar-refractivity contribution in [1.29, 1.82) is 0 Å². The molecule has 0 fully saturated rings. The van der Waals surface area contributed by atoms with E-state index in [4.69, 9.17) is 58.0 Å². The van der Waals surface area contributed by atoms with Crippen LogP contribution in [0.1, 0.15) is 39.6 Å². The monoisotopic (exact) mass is 618 g/mol. The van der Waals surface area contributed by atoms with Crippen molar-refractivity contribution in [2.75, 3.05) is 10.6 Å². The number of aryl methyl sites for hydroxylation is 1. The van der Waals surface area contributed by atoms with E-state index in [1.54, 1.807) is 36.4 Å². The molecule has 0 aliphatic rings. The Morgan fingerprint density at radius 2 is 1.54 bits per heavy atom. The van der Waals surface area contributed by atoms with Gasteiger partial charge >= 0.3 is 5.97 Å². The maximum Gasteiger partial charge on any atom is 0.338 e. The Labute approximate surface area is 242 Å². The van der Waals surface area contributed by atoms with Gasteiger partial charge in [-0.1, -0.05) is 77.1 Å². The second-order valence-corrected chi connectivity index (χ2v) is 11.0. The molecule has 37 heavy (non-hydrogen) atoms. The zero-order chi connectivity index (χ0) is 27.4. The van der Waals surface area contributed by atoms with Gasteiger partial charge in [0, 0.05) is 21.3 Å². The van der Waals surface area contributed by atoms with E-state index in [9.17, 15) is 19.5 Å². The van der Waals surface area contributed by atoms with Crippen LogP contribution in [0.2, 0.25) is 25.1 Å². The van der Waals surface area contributed by atoms with Crippen LogP contribution in [0.25, 0.3) is 0 Å². The normalized spacial score (nSPS) is 11.6. The predicted molar refractivity (Wildman–Crippen MR) is 153 cm³/mol. The maximum atomic E-state index is 13.0. The van der Waals surface area contributed by atoms with Crippen molar-refractivity contribution in [2.24, 2.45) is 0 Å². The molecule has 3 N–H and O–H groups in total. The van der Waals surface area contributed by atoms with E-state index in [-0.39, 0.29) is 21.0 Å². The summed E-state index contributed by atoms with van der Waals surface area (Å²) in [5, 5.41) is 13.9. The molecule has 0 aliphatic carbocycles. The minimum absolute atomic E-state index is 0.198. The van der Waals surface area contributed by atoms with Crippen molar-refractivity contribution in [3.05, 3.63) is 84.3 Å². The number of carboxylic acids is 1. The summed E-state index contributed by atoms with van der Waals surface area (Å²) >= 11 is 31.6. The standard InChI is InChI=1S/C25H19Cl5N2O4S/c1-3-16(23(33)32-15-9-12(26)8-7-11(15)2)37-14-6-4-5-13(10-14)31-24(34)17-18(25(35)36)20(28)22(30)21(29)19(17)27/h4-10,16H,3H2,1-2H3,(H,31,34)(H,32,33)(H,35,36). The molecule has 2 amide bonds. The Bertz CT molecular complexity index is 1400. The first-order chi connectivity index (χ1) is 17.4. The largest absolute Gasteiger partial charge is 0.478 e. The van der Waals surface area contributed by atoms with Crippen LogP contribution in [0.5, 0.6) is 0 Å². The van der Waals surface area contributed by atoms with E-state index in [2.05, 4.69) is 10.6 Å². The van der Waals surface area contributed by atoms with Crippen LogP contribution in [0.3, 0.4) is 0 Å². The van der Waals surface area contributed by atoms with Gasteiger partial charge in [0.15, 0.2) is 0 Å². The molecular formula is C25H19Cl5N2O4S. The Morgan fingerprint density at radius 1 is 0.892 bits per heavy atom.